The topological polar surface area (TPSA) is 52.6 Å². The fourth-order valence-corrected chi connectivity index (χ4v) is 1.90. The third kappa shape index (κ3) is 2.74. The van der Waals surface area contributed by atoms with Gasteiger partial charge in [0, 0.05) is 25.7 Å². The van der Waals surface area contributed by atoms with Gasteiger partial charge in [-0.1, -0.05) is 0 Å². The molecule has 1 amide bonds. The Morgan fingerprint density at radius 2 is 2.18 bits per heavy atom. The largest absolute Gasteiger partial charge is 0.507 e. The van der Waals surface area contributed by atoms with E-state index in [2.05, 4.69) is 5.32 Å². The first kappa shape index (κ1) is 11.9. The van der Waals surface area contributed by atoms with E-state index in [4.69, 9.17) is 0 Å². The first-order valence-electron chi connectivity index (χ1n) is 5.67. The summed E-state index contributed by atoms with van der Waals surface area (Å²) in [5, 5.41) is 12.8. The van der Waals surface area contributed by atoms with Crippen LogP contribution in [0.3, 0.4) is 0 Å². The minimum Gasteiger partial charge on any atom is -0.507 e. The number of hydrogen-bond donors (Lipinski definition) is 2. The number of phenolic OH excluding ortho intramolecular Hbond substituents is 1. The number of nitrogens with zero attached hydrogens (tertiary/aromatic N) is 1. The second-order valence-corrected chi connectivity index (χ2v) is 4.06. The zero-order valence-corrected chi connectivity index (χ0v) is 9.45. The average molecular weight is 238 g/mol. The van der Waals surface area contributed by atoms with Gasteiger partial charge in [-0.25, -0.2) is 4.39 Å². The van der Waals surface area contributed by atoms with Crippen molar-refractivity contribution in [2.75, 3.05) is 26.2 Å². The van der Waals surface area contributed by atoms with E-state index in [0.29, 0.717) is 13.1 Å². The molecule has 17 heavy (non-hydrogen) atoms. The molecule has 2 N–H and O–H groups in total. The zero-order chi connectivity index (χ0) is 12.3. The number of carbonyl (C=O) groups excluding carboxylic acids is 1. The Morgan fingerprint density at radius 3 is 2.94 bits per heavy atom. The molecule has 2 rings (SSSR count). The Labute approximate surface area is 99.0 Å². The summed E-state index contributed by atoms with van der Waals surface area (Å²) >= 11 is 0. The number of hydrogen-bond acceptors (Lipinski definition) is 3. The van der Waals surface area contributed by atoms with E-state index >= 15 is 0 Å². The van der Waals surface area contributed by atoms with Crippen LogP contribution >= 0.6 is 0 Å². The van der Waals surface area contributed by atoms with Crippen LogP contribution in [0.15, 0.2) is 18.2 Å². The molecule has 1 aromatic rings. The summed E-state index contributed by atoms with van der Waals surface area (Å²) in [5.41, 5.74) is 0.160. The van der Waals surface area contributed by atoms with Gasteiger partial charge in [0.05, 0.1) is 5.56 Å². The summed E-state index contributed by atoms with van der Waals surface area (Å²) in [6.07, 6.45) is 0.883. The molecule has 0 aromatic heterocycles. The Morgan fingerprint density at radius 1 is 1.35 bits per heavy atom. The van der Waals surface area contributed by atoms with Gasteiger partial charge in [0.25, 0.3) is 5.91 Å². The number of phenols is 1. The molecule has 0 aliphatic carbocycles. The quantitative estimate of drug-likeness (QED) is 0.766. The normalized spacial score (nSPS) is 16.6. The lowest BCUT2D eigenvalue weighted by Crippen LogP contribution is -2.34. The molecule has 4 nitrogen and oxygen atoms in total. The molecule has 0 atom stereocenters. The van der Waals surface area contributed by atoms with E-state index in [0.717, 1.165) is 25.6 Å². The number of benzene rings is 1. The second-order valence-electron chi connectivity index (χ2n) is 4.06. The zero-order valence-electron chi connectivity index (χ0n) is 9.45. The van der Waals surface area contributed by atoms with Crippen molar-refractivity contribution in [2.24, 2.45) is 0 Å². The van der Waals surface area contributed by atoms with Gasteiger partial charge in [-0.15, -0.1) is 0 Å². The highest BCUT2D eigenvalue weighted by atomic mass is 19.1. The highest BCUT2D eigenvalue weighted by Crippen LogP contribution is 2.20. The van der Waals surface area contributed by atoms with Crippen LogP contribution in [0, 0.1) is 5.82 Å². The minimum absolute atomic E-state index is 0.160. The molecule has 1 aromatic carbocycles. The Kier molecular flexibility index (Phi) is 3.58. The van der Waals surface area contributed by atoms with E-state index in [1.807, 2.05) is 0 Å². The number of aromatic hydroxyl groups is 1. The molecule has 1 aliphatic rings. The number of amides is 1. The Hall–Kier alpha value is -1.62. The van der Waals surface area contributed by atoms with Gasteiger partial charge in [0.15, 0.2) is 0 Å². The van der Waals surface area contributed by atoms with Crippen LogP contribution in [0.1, 0.15) is 16.8 Å². The third-order valence-electron chi connectivity index (χ3n) is 2.82. The van der Waals surface area contributed by atoms with Gasteiger partial charge < -0.3 is 15.3 Å². The summed E-state index contributed by atoms with van der Waals surface area (Å²) in [6, 6.07) is 3.47. The first-order chi connectivity index (χ1) is 8.18. The maximum Gasteiger partial charge on any atom is 0.257 e. The predicted molar refractivity (Wildman–Crippen MR) is 61.5 cm³/mol. The summed E-state index contributed by atoms with van der Waals surface area (Å²) in [7, 11) is 0. The van der Waals surface area contributed by atoms with E-state index < -0.39 is 5.82 Å². The Bertz CT molecular complexity index is 415. The van der Waals surface area contributed by atoms with Gasteiger partial charge in [0.2, 0.25) is 0 Å². The molecule has 1 heterocycles. The number of carbonyl (C=O) groups is 1. The lowest BCUT2D eigenvalue weighted by Gasteiger charge is -2.20. The molecule has 5 heteroatoms. The standard InChI is InChI=1S/C12H15FN2O2/c13-9-2-3-10(11(16)8-9)12(17)15-6-1-4-14-5-7-15/h2-3,8,14,16H,1,4-7H2. The first-order valence-corrected chi connectivity index (χ1v) is 5.67. The van der Waals surface area contributed by atoms with Crippen molar-refractivity contribution in [3.63, 3.8) is 0 Å². The minimum atomic E-state index is -0.545. The second kappa shape index (κ2) is 5.14. The molecule has 1 aliphatic heterocycles. The van der Waals surface area contributed by atoms with Crippen molar-refractivity contribution < 1.29 is 14.3 Å². The van der Waals surface area contributed by atoms with Crippen molar-refractivity contribution in [1.29, 1.82) is 0 Å². The lowest BCUT2D eigenvalue weighted by molar-refractivity contribution is 0.0763. The van der Waals surface area contributed by atoms with E-state index in [9.17, 15) is 14.3 Å². The number of nitrogens with one attached hydrogen (secondary N) is 1. The molecule has 1 fully saturated rings. The van der Waals surface area contributed by atoms with Crippen LogP contribution in [0.25, 0.3) is 0 Å². The predicted octanol–water partition coefficient (Wildman–Crippen LogP) is 0.967. The maximum absolute atomic E-state index is 12.8. The van der Waals surface area contributed by atoms with Crippen LogP contribution in [0.2, 0.25) is 0 Å². The molecule has 1 saturated heterocycles. The summed E-state index contributed by atoms with van der Waals surface area (Å²) in [5.74, 6) is -1.09. The molecule has 0 saturated carbocycles. The van der Waals surface area contributed by atoms with Gasteiger partial charge in [-0.3, -0.25) is 4.79 Å². The highest BCUT2D eigenvalue weighted by Gasteiger charge is 2.19. The van der Waals surface area contributed by atoms with Crippen LogP contribution in [0.4, 0.5) is 4.39 Å². The summed E-state index contributed by atoms with van der Waals surface area (Å²) in [4.78, 5) is 13.8. The van der Waals surface area contributed by atoms with Crippen molar-refractivity contribution in [3.8, 4) is 5.75 Å². The van der Waals surface area contributed by atoms with E-state index in [1.54, 1.807) is 4.90 Å². The van der Waals surface area contributed by atoms with Gasteiger partial charge in [0.1, 0.15) is 11.6 Å². The molecular formula is C12H15FN2O2. The van der Waals surface area contributed by atoms with Crippen molar-refractivity contribution in [1.82, 2.24) is 10.2 Å². The molecule has 92 valence electrons. The fourth-order valence-electron chi connectivity index (χ4n) is 1.90. The van der Waals surface area contributed by atoms with Gasteiger partial charge >= 0.3 is 0 Å². The smallest absolute Gasteiger partial charge is 0.257 e. The average Bonchev–Trinajstić information content (AvgIpc) is 2.56. The van der Waals surface area contributed by atoms with Crippen LogP contribution in [-0.4, -0.2) is 42.1 Å². The summed E-state index contributed by atoms with van der Waals surface area (Å²) < 4.78 is 12.8. The SMILES string of the molecule is O=C(c1ccc(F)cc1O)N1CCCNCC1. The van der Waals surface area contributed by atoms with Gasteiger partial charge in [-0.05, 0) is 25.1 Å². The van der Waals surface area contributed by atoms with Crippen molar-refractivity contribution >= 4 is 5.91 Å². The van der Waals surface area contributed by atoms with Crippen molar-refractivity contribution in [3.05, 3.63) is 29.6 Å². The lowest BCUT2D eigenvalue weighted by atomic mass is 10.1. The fraction of sp³-hybridized carbons (Fsp3) is 0.417. The van der Waals surface area contributed by atoms with Crippen LogP contribution < -0.4 is 5.32 Å². The van der Waals surface area contributed by atoms with Crippen LogP contribution in [-0.2, 0) is 0 Å². The van der Waals surface area contributed by atoms with E-state index in [1.165, 1.54) is 12.1 Å². The van der Waals surface area contributed by atoms with Crippen molar-refractivity contribution in [2.45, 2.75) is 6.42 Å². The highest BCUT2D eigenvalue weighted by molar-refractivity contribution is 5.96. The molecule has 0 spiro atoms. The molecule has 0 radical (unpaired) electrons. The van der Waals surface area contributed by atoms with Gasteiger partial charge in [-0.2, -0.15) is 0 Å². The monoisotopic (exact) mass is 238 g/mol. The van der Waals surface area contributed by atoms with E-state index in [-0.39, 0.29) is 17.2 Å². The number of rotatable bonds is 1. The summed E-state index contributed by atoms with van der Waals surface area (Å²) in [6.45, 7) is 2.89. The maximum atomic E-state index is 12.8. The Balaban J connectivity index is 2.17. The van der Waals surface area contributed by atoms with Crippen LogP contribution in [0.5, 0.6) is 5.75 Å². The number of halogens is 1. The molecule has 0 unspecified atom stereocenters. The third-order valence-corrected chi connectivity index (χ3v) is 2.82. The molecule has 0 bridgehead atoms. The molecular weight excluding hydrogens is 223 g/mol.